The second-order valence-electron chi connectivity index (χ2n) is 7.78. The van der Waals surface area contributed by atoms with E-state index in [0.29, 0.717) is 5.41 Å². The molecule has 102 valence electrons. The van der Waals surface area contributed by atoms with Crippen LogP contribution in [0.2, 0.25) is 0 Å². The molecule has 4 aliphatic carbocycles. The maximum atomic E-state index is 11.0. The Kier molecular flexibility index (Phi) is 2.65. The average molecular weight is 251 g/mol. The molecule has 2 N–H and O–H groups in total. The number of carbonyl (C=O) groups is 1. The number of hydrogen-bond acceptors (Lipinski definition) is 2. The largest absolute Gasteiger partial charge is 0.444 e. The van der Waals surface area contributed by atoms with Gasteiger partial charge in [-0.15, -0.1) is 0 Å². The lowest BCUT2D eigenvalue weighted by atomic mass is 9.48. The van der Waals surface area contributed by atoms with Gasteiger partial charge in [0.2, 0.25) is 0 Å². The van der Waals surface area contributed by atoms with Gasteiger partial charge in [-0.3, -0.25) is 0 Å². The molecule has 0 spiro atoms. The van der Waals surface area contributed by atoms with Crippen LogP contribution in [0.15, 0.2) is 0 Å². The average Bonchev–Trinajstić information content (AvgIpc) is 2.09. The summed E-state index contributed by atoms with van der Waals surface area (Å²) in [6, 6.07) is 0. The second kappa shape index (κ2) is 3.88. The highest BCUT2D eigenvalue weighted by atomic mass is 16.6. The van der Waals surface area contributed by atoms with Crippen molar-refractivity contribution in [2.75, 3.05) is 0 Å². The third-order valence-corrected chi connectivity index (χ3v) is 5.34. The van der Waals surface area contributed by atoms with E-state index in [9.17, 15) is 4.79 Å². The van der Waals surface area contributed by atoms with Crippen LogP contribution in [0.1, 0.15) is 58.8 Å². The Morgan fingerprint density at radius 1 is 1.17 bits per heavy atom. The van der Waals surface area contributed by atoms with Gasteiger partial charge in [-0.1, -0.05) is 0 Å². The van der Waals surface area contributed by atoms with Crippen LogP contribution in [-0.2, 0) is 4.74 Å². The van der Waals surface area contributed by atoms with Gasteiger partial charge in [0, 0.05) is 0 Å². The molecule has 3 nitrogen and oxygen atoms in total. The molecule has 0 unspecified atom stereocenters. The van der Waals surface area contributed by atoms with E-state index in [0.717, 1.165) is 24.2 Å². The first-order chi connectivity index (χ1) is 8.36. The first-order valence-corrected chi connectivity index (χ1v) is 7.34. The summed E-state index contributed by atoms with van der Waals surface area (Å²) in [6.07, 6.45) is 8.78. The third kappa shape index (κ3) is 2.24. The minimum Gasteiger partial charge on any atom is -0.444 e. The standard InChI is InChI=1S/C15H25NO2/c1-14(2,18-13(16)17)9-15-6-10-3-11(7-15)5-12(4-10)8-15/h10-12H,3-9H2,1-2H3,(H2,16,17). The van der Waals surface area contributed by atoms with Crippen molar-refractivity contribution in [1.29, 1.82) is 0 Å². The number of amides is 1. The zero-order chi connectivity index (χ0) is 13.0. The molecule has 0 aromatic heterocycles. The molecule has 4 aliphatic rings. The van der Waals surface area contributed by atoms with E-state index in [4.69, 9.17) is 10.5 Å². The van der Waals surface area contributed by atoms with E-state index in [1.165, 1.54) is 38.5 Å². The number of carbonyl (C=O) groups excluding carboxylic acids is 1. The van der Waals surface area contributed by atoms with E-state index in [1.807, 2.05) is 13.8 Å². The summed E-state index contributed by atoms with van der Waals surface area (Å²) in [5.74, 6) is 2.84. The van der Waals surface area contributed by atoms with Gasteiger partial charge in [0.15, 0.2) is 0 Å². The van der Waals surface area contributed by atoms with Gasteiger partial charge in [-0.2, -0.15) is 0 Å². The van der Waals surface area contributed by atoms with Gasteiger partial charge in [-0.05, 0) is 82.0 Å². The van der Waals surface area contributed by atoms with Crippen LogP contribution in [0.25, 0.3) is 0 Å². The number of hydrogen-bond donors (Lipinski definition) is 1. The van der Waals surface area contributed by atoms with Gasteiger partial charge in [0.25, 0.3) is 0 Å². The molecule has 4 saturated carbocycles. The summed E-state index contributed by atoms with van der Waals surface area (Å²) in [4.78, 5) is 11.0. The second-order valence-corrected chi connectivity index (χ2v) is 7.78. The van der Waals surface area contributed by atoms with E-state index in [-0.39, 0.29) is 0 Å². The lowest BCUT2D eigenvalue weighted by Crippen LogP contribution is -2.49. The summed E-state index contributed by atoms with van der Waals surface area (Å²) in [6.45, 7) is 4.02. The summed E-state index contributed by atoms with van der Waals surface area (Å²) in [5.41, 5.74) is 5.22. The molecule has 4 rings (SSSR count). The molecule has 18 heavy (non-hydrogen) atoms. The minimum atomic E-state index is -0.635. The Labute approximate surface area is 109 Å². The highest BCUT2D eigenvalue weighted by molar-refractivity contribution is 5.65. The highest BCUT2D eigenvalue weighted by Crippen LogP contribution is 2.62. The highest BCUT2D eigenvalue weighted by Gasteiger charge is 2.52. The third-order valence-electron chi connectivity index (χ3n) is 5.34. The Bertz CT molecular complexity index is 326. The molecular weight excluding hydrogens is 226 g/mol. The summed E-state index contributed by atoms with van der Waals surface area (Å²) in [7, 11) is 0. The van der Waals surface area contributed by atoms with Gasteiger partial charge in [-0.25, -0.2) is 4.79 Å². The van der Waals surface area contributed by atoms with Gasteiger partial charge in [0.05, 0.1) is 0 Å². The molecule has 1 amide bonds. The first kappa shape index (κ1) is 12.3. The molecule has 0 aromatic carbocycles. The van der Waals surface area contributed by atoms with Crippen molar-refractivity contribution in [1.82, 2.24) is 0 Å². The van der Waals surface area contributed by atoms with Crippen LogP contribution in [-0.4, -0.2) is 11.7 Å². The molecule has 0 radical (unpaired) electrons. The van der Waals surface area contributed by atoms with E-state index < -0.39 is 11.7 Å². The topological polar surface area (TPSA) is 52.3 Å². The van der Waals surface area contributed by atoms with Gasteiger partial charge < -0.3 is 10.5 Å². The van der Waals surface area contributed by atoms with Crippen LogP contribution in [0.4, 0.5) is 4.79 Å². The van der Waals surface area contributed by atoms with Crippen LogP contribution < -0.4 is 5.73 Å². The molecule has 0 saturated heterocycles. The Hall–Kier alpha value is -0.730. The van der Waals surface area contributed by atoms with Crippen LogP contribution >= 0.6 is 0 Å². The maximum absolute atomic E-state index is 11.0. The molecule has 0 heterocycles. The fraction of sp³-hybridized carbons (Fsp3) is 0.933. The fourth-order valence-corrected chi connectivity index (χ4v) is 5.72. The van der Waals surface area contributed by atoms with Crippen LogP contribution in [0, 0.1) is 23.2 Å². The van der Waals surface area contributed by atoms with E-state index in [1.54, 1.807) is 0 Å². The van der Waals surface area contributed by atoms with Crippen LogP contribution in [0.3, 0.4) is 0 Å². The summed E-state index contributed by atoms with van der Waals surface area (Å²) < 4.78 is 5.32. The number of ether oxygens (including phenoxy) is 1. The predicted octanol–water partition coefficient (Wildman–Crippen LogP) is 3.47. The van der Waals surface area contributed by atoms with Crippen molar-refractivity contribution in [2.45, 2.75) is 64.4 Å². The summed E-state index contributed by atoms with van der Waals surface area (Å²) >= 11 is 0. The minimum absolute atomic E-state index is 0.405. The first-order valence-electron chi connectivity index (χ1n) is 7.34. The Balaban J connectivity index is 1.74. The lowest BCUT2D eigenvalue weighted by Gasteiger charge is -2.58. The van der Waals surface area contributed by atoms with E-state index >= 15 is 0 Å². The lowest BCUT2D eigenvalue weighted by molar-refractivity contribution is -0.0946. The normalized spacial score (nSPS) is 42.0. The van der Waals surface area contributed by atoms with Crippen molar-refractivity contribution >= 4 is 6.09 Å². The smallest absolute Gasteiger partial charge is 0.405 e. The van der Waals surface area contributed by atoms with Crippen molar-refractivity contribution in [3.8, 4) is 0 Å². The maximum Gasteiger partial charge on any atom is 0.405 e. The quantitative estimate of drug-likeness (QED) is 0.835. The molecule has 0 aliphatic heterocycles. The molecule has 4 fully saturated rings. The number of primary amides is 1. The predicted molar refractivity (Wildman–Crippen MR) is 70.0 cm³/mol. The van der Waals surface area contributed by atoms with Crippen molar-refractivity contribution in [2.24, 2.45) is 28.9 Å². The Morgan fingerprint density at radius 3 is 2.00 bits per heavy atom. The fourth-order valence-electron chi connectivity index (χ4n) is 5.72. The van der Waals surface area contributed by atoms with Crippen molar-refractivity contribution in [3.05, 3.63) is 0 Å². The van der Waals surface area contributed by atoms with Gasteiger partial charge in [0.1, 0.15) is 5.60 Å². The number of rotatable bonds is 3. The molecule has 0 atom stereocenters. The summed E-state index contributed by atoms with van der Waals surface area (Å²) in [5, 5.41) is 0. The SMILES string of the molecule is CC(C)(CC12CC3CC(CC(C3)C1)C2)OC(N)=O. The zero-order valence-electron chi connectivity index (χ0n) is 11.6. The Morgan fingerprint density at radius 2 is 1.61 bits per heavy atom. The monoisotopic (exact) mass is 251 g/mol. The molecule has 0 aromatic rings. The molecular formula is C15H25NO2. The van der Waals surface area contributed by atoms with Crippen molar-refractivity contribution < 1.29 is 9.53 Å². The van der Waals surface area contributed by atoms with Gasteiger partial charge >= 0.3 is 6.09 Å². The van der Waals surface area contributed by atoms with Crippen LogP contribution in [0.5, 0.6) is 0 Å². The van der Waals surface area contributed by atoms with E-state index in [2.05, 4.69) is 0 Å². The number of nitrogens with two attached hydrogens (primary N) is 1. The molecule has 4 bridgehead atoms. The molecule has 3 heteroatoms. The van der Waals surface area contributed by atoms with Crippen molar-refractivity contribution in [3.63, 3.8) is 0 Å². The zero-order valence-corrected chi connectivity index (χ0v) is 11.6.